The summed E-state index contributed by atoms with van der Waals surface area (Å²) in [6, 6.07) is 3.66. The average Bonchev–Trinajstić information content (AvgIpc) is 2.38. The minimum absolute atomic E-state index is 0. The van der Waals surface area contributed by atoms with Gasteiger partial charge in [-0.2, -0.15) is 0 Å². The summed E-state index contributed by atoms with van der Waals surface area (Å²) in [6.07, 6.45) is 0.221. The zero-order valence-electron chi connectivity index (χ0n) is 10.7. The summed E-state index contributed by atoms with van der Waals surface area (Å²) < 4.78 is 18.0. The van der Waals surface area contributed by atoms with Crippen molar-refractivity contribution in [3.8, 4) is 0 Å². The molecule has 0 aliphatic rings. The molecule has 0 radical (unpaired) electrons. The molecule has 7 heteroatoms. The zero-order chi connectivity index (χ0) is 13.5. The van der Waals surface area contributed by atoms with Crippen LogP contribution in [-0.2, 0) is 9.53 Å². The van der Waals surface area contributed by atoms with Crippen molar-refractivity contribution in [1.29, 1.82) is 0 Å². The first-order valence-corrected chi connectivity index (χ1v) is 5.40. The second-order valence-corrected chi connectivity index (χ2v) is 3.59. The summed E-state index contributed by atoms with van der Waals surface area (Å²) in [5.74, 6) is -1.51. The van der Waals surface area contributed by atoms with Gasteiger partial charge in [-0.25, -0.2) is 9.18 Å². The summed E-state index contributed by atoms with van der Waals surface area (Å²) in [5.41, 5.74) is 0.154. The third-order valence-electron chi connectivity index (χ3n) is 2.26. The van der Waals surface area contributed by atoms with Crippen molar-refractivity contribution in [2.24, 2.45) is 0 Å². The molecule has 0 aromatic heterocycles. The van der Waals surface area contributed by atoms with Gasteiger partial charge in [0.1, 0.15) is 5.82 Å². The number of anilines is 1. The first kappa shape index (κ1) is 17.3. The van der Waals surface area contributed by atoms with Crippen molar-refractivity contribution in [1.82, 2.24) is 5.32 Å². The third kappa shape index (κ3) is 5.23. The van der Waals surface area contributed by atoms with Crippen LogP contribution < -0.4 is 10.6 Å². The molecular weight excluding hydrogens is 275 g/mol. The summed E-state index contributed by atoms with van der Waals surface area (Å²) in [5, 5.41) is 5.21. The summed E-state index contributed by atoms with van der Waals surface area (Å²) in [4.78, 5) is 22.7. The van der Waals surface area contributed by atoms with Crippen molar-refractivity contribution in [3.05, 3.63) is 29.6 Å². The maximum atomic E-state index is 13.4. The number of benzene rings is 1. The van der Waals surface area contributed by atoms with Gasteiger partial charge in [-0.15, -0.1) is 12.4 Å². The van der Waals surface area contributed by atoms with E-state index >= 15 is 0 Å². The van der Waals surface area contributed by atoms with Gasteiger partial charge in [0.15, 0.2) is 0 Å². The van der Waals surface area contributed by atoms with Crippen LogP contribution >= 0.6 is 12.4 Å². The predicted molar refractivity (Wildman–Crippen MR) is 72.2 cm³/mol. The highest BCUT2D eigenvalue weighted by molar-refractivity contribution is 5.94. The number of carbonyl (C=O) groups is 2. The van der Waals surface area contributed by atoms with Crippen molar-refractivity contribution < 1.29 is 18.7 Å². The van der Waals surface area contributed by atoms with Gasteiger partial charge in [0.05, 0.1) is 18.4 Å². The number of ether oxygens (including phenoxy) is 1. The Balaban J connectivity index is 0.00000324. The number of hydrogen-bond donors (Lipinski definition) is 2. The van der Waals surface area contributed by atoms with Gasteiger partial charge >= 0.3 is 5.97 Å². The largest absolute Gasteiger partial charge is 0.465 e. The van der Waals surface area contributed by atoms with E-state index in [0.717, 1.165) is 6.07 Å². The van der Waals surface area contributed by atoms with E-state index in [1.807, 2.05) is 0 Å². The fourth-order valence-electron chi connectivity index (χ4n) is 1.32. The Kier molecular flexibility index (Phi) is 7.71. The molecule has 0 aliphatic heterocycles. The maximum absolute atomic E-state index is 13.4. The number of esters is 1. The molecule has 1 aromatic rings. The van der Waals surface area contributed by atoms with E-state index in [1.165, 1.54) is 19.2 Å². The van der Waals surface area contributed by atoms with E-state index in [-0.39, 0.29) is 36.0 Å². The Morgan fingerprint density at radius 2 is 2.05 bits per heavy atom. The lowest BCUT2D eigenvalue weighted by atomic mass is 10.2. The molecule has 0 heterocycles. The first-order valence-electron chi connectivity index (χ1n) is 5.40. The van der Waals surface area contributed by atoms with E-state index in [2.05, 4.69) is 15.4 Å². The van der Waals surface area contributed by atoms with Crippen LogP contribution in [-0.4, -0.2) is 32.6 Å². The highest BCUT2D eigenvalue weighted by Gasteiger charge is 2.11. The Hall–Kier alpha value is -1.66. The molecule has 1 aromatic carbocycles. The number of carbonyl (C=O) groups excluding carboxylic acids is 2. The van der Waals surface area contributed by atoms with Crippen LogP contribution in [0, 0.1) is 5.82 Å². The highest BCUT2D eigenvalue weighted by Crippen LogP contribution is 2.17. The van der Waals surface area contributed by atoms with Crippen LogP contribution in [0.4, 0.5) is 10.1 Å². The fourth-order valence-corrected chi connectivity index (χ4v) is 1.32. The Morgan fingerprint density at radius 1 is 1.37 bits per heavy atom. The number of nitrogens with one attached hydrogen (secondary N) is 2. The molecule has 5 nitrogen and oxygen atoms in total. The lowest BCUT2D eigenvalue weighted by Gasteiger charge is -2.08. The molecule has 1 rings (SSSR count). The standard InChI is InChI=1S/C12H15FN2O3.ClH/c1-14-6-5-11(16)15-10-7-8(12(17)18-2)3-4-9(10)13;/h3-4,7,14H,5-6H2,1-2H3,(H,15,16);1H. The Labute approximate surface area is 116 Å². The molecule has 0 atom stereocenters. The van der Waals surface area contributed by atoms with Crippen molar-refractivity contribution >= 4 is 30.0 Å². The van der Waals surface area contributed by atoms with Crippen LogP contribution in [0.2, 0.25) is 0 Å². The smallest absolute Gasteiger partial charge is 0.337 e. The number of amides is 1. The number of methoxy groups -OCH3 is 1. The average molecular weight is 291 g/mol. The van der Waals surface area contributed by atoms with Gasteiger partial charge in [0.25, 0.3) is 0 Å². The summed E-state index contributed by atoms with van der Waals surface area (Å²) >= 11 is 0. The SMILES string of the molecule is CNCCC(=O)Nc1cc(C(=O)OC)ccc1F.Cl. The molecule has 0 bridgehead atoms. The molecule has 0 unspecified atom stereocenters. The molecule has 0 aliphatic carbocycles. The molecular formula is C12H16ClFN2O3. The number of halogens is 2. The van der Waals surface area contributed by atoms with E-state index in [1.54, 1.807) is 7.05 Å². The van der Waals surface area contributed by atoms with Gasteiger partial charge in [0, 0.05) is 13.0 Å². The molecule has 0 fully saturated rings. The second-order valence-electron chi connectivity index (χ2n) is 3.59. The minimum Gasteiger partial charge on any atom is -0.465 e. The summed E-state index contributed by atoms with van der Waals surface area (Å²) in [7, 11) is 2.95. The van der Waals surface area contributed by atoms with Crippen molar-refractivity contribution in [2.45, 2.75) is 6.42 Å². The van der Waals surface area contributed by atoms with Gasteiger partial charge in [0.2, 0.25) is 5.91 Å². The molecule has 19 heavy (non-hydrogen) atoms. The second kappa shape index (κ2) is 8.44. The van der Waals surface area contributed by atoms with Gasteiger partial charge in [-0.05, 0) is 25.2 Å². The van der Waals surface area contributed by atoms with Gasteiger partial charge in [-0.1, -0.05) is 0 Å². The van der Waals surface area contributed by atoms with E-state index < -0.39 is 11.8 Å². The topological polar surface area (TPSA) is 67.4 Å². The normalized spacial score (nSPS) is 9.42. The Morgan fingerprint density at radius 3 is 2.63 bits per heavy atom. The van der Waals surface area contributed by atoms with Gasteiger partial charge < -0.3 is 15.4 Å². The number of hydrogen-bond acceptors (Lipinski definition) is 4. The minimum atomic E-state index is -0.597. The monoisotopic (exact) mass is 290 g/mol. The van der Waals surface area contributed by atoms with Crippen molar-refractivity contribution in [3.63, 3.8) is 0 Å². The lowest BCUT2D eigenvalue weighted by Crippen LogP contribution is -2.19. The Bertz CT molecular complexity index is 455. The predicted octanol–water partition coefficient (Wildman–Crippen LogP) is 1.58. The van der Waals surface area contributed by atoms with E-state index in [9.17, 15) is 14.0 Å². The van der Waals surface area contributed by atoms with Crippen LogP contribution in [0.1, 0.15) is 16.8 Å². The quantitative estimate of drug-likeness (QED) is 0.808. The lowest BCUT2D eigenvalue weighted by molar-refractivity contribution is -0.116. The van der Waals surface area contributed by atoms with Crippen LogP contribution in [0.15, 0.2) is 18.2 Å². The summed E-state index contributed by atoms with van der Waals surface area (Å²) in [6.45, 7) is 0.490. The molecule has 2 N–H and O–H groups in total. The highest BCUT2D eigenvalue weighted by atomic mass is 35.5. The van der Waals surface area contributed by atoms with Crippen molar-refractivity contribution in [2.75, 3.05) is 26.0 Å². The van der Waals surface area contributed by atoms with Crippen LogP contribution in [0.5, 0.6) is 0 Å². The van der Waals surface area contributed by atoms with Crippen LogP contribution in [0.3, 0.4) is 0 Å². The number of rotatable bonds is 5. The first-order chi connectivity index (χ1) is 8.58. The molecule has 0 saturated carbocycles. The zero-order valence-corrected chi connectivity index (χ0v) is 11.5. The molecule has 0 saturated heterocycles. The third-order valence-corrected chi connectivity index (χ3v) is 2.26. The molecule has 0 spiro atoms. The van der Waals surface area contributed by atoms with E-state index in [0.29, 0.717) is 6.54 Å². The molecule has 106 valence electrons. The maximum Gasteiger partial charge on any atom is 0.337 e. The van der Waals surface area contributed by atoms with E-state index in [4.69, 9.17) is 0 Å². The molecule has 1 amide bonds. The fraction of sp³-hybridized carbons (Fsp3) is 0.333. The van der Waals surface area contributed by atoms with Crippen LogP contribution in [0.25, 0.3) is 0 Å². The van der Waals surface area contributed by atoms with Gasteiger partial charge in [-0.3, -0.25) is 4.79 Å².